The molecule has 0 saturated heterocycles. The third-order valence-electron chi connectivity index (χ3n) is 3.06. The number of hydrogen-bond donors (Lipinski definition) is 1. The molecule has 0 bridgehead atoms. The van der Waals surface area contributed by atoms with Gasteiger partial charge in [-0.3, -0.25) is 4.79 Å². The number of amides is 1. The van der Waals surface area contributed by atoms with Crippen LogP contribution >= 0.6 is 0 Å². The number of carbonyl (C=O) groups excluding carboxylic acids is 1. The molecule has 20 heavy (non-hydrogen) atoms. The predicted molar refractivity (Wildman–Crippen MR) is 73.4 cm³/mol. The van der Waals surface area contributed by atoms with Gasteiger partial charge in [0.25, 0.3) is 5.91 Å². The summed E-state index contributed by atoms with van der Waals surface area (Å²) in [6.07, 6.45) is 0. The molecular formula is C15H14F2N2O. The van der Waals surface area contributed by atoms with Gasteiger partial charge < -0.3 is 10.6 Å². The maximum atomic E-state index is 13.7. The molecule has 3 nitrogen and oxygen atoms in total. The zero-order valence-electron chi connectivity index (χ0n) is 10.9. The fraction of sp³-hybridized carbons (Fsp3) is 0.133. The predicted octanol–water partition coefficient (Wildman–Crippen LogP) is 2.70. The van der Waals surface area contributed by atoms with E-state index in [1.165, 1.54) is 24.1 Å². The van der Waals surface area contributed by atoms with Crippen molar-refractivity contribution in [2.75, 3.05) is 11.9 Å². The summed E-state index contributed by atoms with van der Waals surface area (Å²) >= 11 is 0. The third kappa shape index (κ3) is 2.53. The van der Waals surface area contributed by atoms with Crippen molar-refractivity contribution < 1.29 is 13.6 Å². The fourth-order valence-corrected chi connectivity index (χ4v) is 1.97. The van der Waals surface area contributed by atoms with E-state index in [1.807, 2.05) is 0 Å². The molecule has 0 saturated carbocycles. The summed E-state index contributed by atoms with van der Waals surface area (Å²) in [6, 6.07) is 10.6. The van der Waals surface area contributed by atoms with E-state index in [0.717, 1.165) is 11.6 Å². The van der Waals surface area contributed by atoms with E-state index in [2.05, 4.69) is 0 Å². The topological polar surface area (TPSA) is 46.3 Å². The zero-order chi connectivity index (χ0) is 14.7. The van der Waals surface area contributed by atoms with Crippen LogP contribution in [0.2, 0.25) is 0 Å². The molecule has 2 aromatic carbocycles. The lowest BCUT2D eigenvalue weighted by Crippen LogP contribution is -2.28. The minimum absolute atomic E-state index is 0.249. The van der Waals surface area contributed by atoms with Crippen molar-refractivity contribution in [1.82, 2.24) is 0 Å². The molecule has 0 spiro atoms. The Labute approximate surface area is 115 Å². The lowest BCUT2D eigenvalue weighted by Gasteiger charge is -2.20. The second-order valence-corrected chi connectivity index (χ2v) is 4.30. The highest BCUT2D eigenvalue weighted by atomic mass is 19.2. The van der Waals surface area contributed by atoms with Crippen LogP contribution in [0, 0.1) is 11.6 Å². The molecule has 0 radical (unpaired) electrons. The van der Waals surface area contributed by atoms with Gasteiger partial charge in [-0.05, 0) is 23.8 Å². The van der Waals surface area contributed by atoms with Gasteiger partial charge in [0.05, 0.1) is 5.56 Å². The second kappa shape index (κ2) is 5.79. The van der Waals surface area contributed by atoms with Gasteiger partial charge >= 0.3 is 0 Å². The standard InChI is InChI=1S/C15H14F2N2O/c1-19(13-8-3-2-5-10(13)9-18)15(20)11-6-4-7-12(16)14(11)17/h2-8H,9,18H2,1H3. The summed E-state index contributed by atoms with van der Waals surface area (Å²) in [6.45, 7) is 0.249. The van der Waals surface area contributed by atoms with Crippen LogP contribution in [0.15, 0.2) is 42.5 Å². The van der Waals surface area contributed by atoms with Crippen molar-refractivity contribution in [2.24, 2.45) is 5.73 Å². The highest BCUT2D eigenvalue weighted by Crippen LogP contribution is 2.22. The molecule has 0 aliphatic heterocycles. The fourth-order valence-electron chi connectivity index (χ4n) is 1.97. The number of nitrogens with two attached hydrogens (primary N) is 1. The monoisotopic (exact) mass is 276 g/mol. The van der Waals surface area contributed by atoms with Crippen LogP contribution in [0.1, 0.15) is 15.9 Å². The average Bonchev–Trinajstić information content (AvgIpc) is 2.48. The van der Waals surface area contributed by atoms with E-state index in [1.54, 1.807) is 24.3 Å². The van der Waals surface area contributed by atoms with E-state index >= 15 is 0 Å². The van der Waals surface area contributed by atoms with Gasteiger partial charge in [0, 0.05) is 19.3 Å². The van der Waals surface area contributed by atoms with Crippen molar-refractivity contribution in [1.29, 1.82) is 0 Å². The number of hydrogen-bond acceptors (Lipinski definition) is 2. The van der Waals surface area contributed by atoms with Crippen LogP contribution in [0.3, 0.4) is 0 Å². The van der Waals surface area contributed by atoms with E-state index in [4.69, 9.17) is 5.73 Å². The van der Waals surface area contributed by atoms with Gasteiger partial charge in [-0.2, -0.15) is 0 Å². The van der Waals surface area contributed by atoms with Gasteiger partial charge in [-0.25, -0.2) is 8.78 Å². The summed E-state index contributed by atoms with van der Waals surface area (Å²) in [5.74, 6) is -2.81. The van der Waals surface area contributed by atoms with Crippen LogP contribution < -0.4 is 10.6 Å². The van der Waals surface area contributed by atoms with Gasteiger partial charge in [0.15, 0.2) is 11.6 Å². The molecule has 104 valence electrons. The number of para-hydroxylation sites is 1. The van der Waals surface area contributed by atoms with Gasteiger partial charge in [-0.1, -0.05) is 24.3 Å². The first-order chi connectivity index (χ1) is 9.56. The van der Waals surface area contributed by atoms with Crippen LogP contribution in [-0.2, 0) is 6.54 Å². The molecule has 2 rings (SSSR count). The van der Waals surface area contributed by atoms with Gasteiger partial charge in [-0.15, -0.1) is 0 Å². The highest BCUT2D eigenvalue weighted by molar-refractivity contribution is 6.06. The lowest BCUT2D eigenvalue weighted by molar-refractivity contribution is 0.0988. The quantitative estimate of drug-likeness (QED) is 0.937. The number of nitrogens with zero attached hydrogens (tertiary/aromatic N) is 1. The molecule has 0 fully saturated rings. The summed E-state index contributed by atoms with van der Waals surface area (Å²) < 4.78 is 26.8. The SMILES string of the molecule is CN(C(=O)c1cccc(F)c1F)c1ccccc1CN. The maximum absolute atomic E-state index is 13.7. The molecule has 0 aliphatic carbocycles. The number of rotatable bonds is 3. The first kappa shape index (κ1) is 14.1. The zero-order valence-corrected chi connectivity index (χ0v) is 10.9. The number of carbonyl (C=O) groups is 1. The van der Waals surface area contributed by atoms with Gasteiger partial charge in [0.2, 0.25) is 0 Å². The molecule has 0 aromatic heterocycles. The Balaban J connectivity index is 2.40. The molecule has 2 aromatic rings. The lowest BCUT2D eigenvalue weighted by atomic mass is 10.1. The Morgan fingerprint density at radius 1 is 1.15 bits per heavy atom. The number of benzene rings is 2. The van der Waals surface area contributed by atoms with E-state index in [0.29, 0.717) is 5.69 Å². The van der Waals surface area contributed by atoms with E-state index < -0.39 is 17.5 Å². The molecule has 0 aliphatic rings. The summed E-state index contributed by atoms with van der Waals surface area (Å²) in [7, 11) is 1.50. The van der Waals surface area contributed by atoms with E-state index in [9.17, 15) is 13.6 Å². The molecule has 0 atom stereocenters. The minimum Gasteiger partial charge on any atom is -0.326 e. The first-order valence-electron chi connectivity index (χ1n) is 6.06. The van der Waals surface area contributed by atoms with Crippen molar-refractivity contribution in [3.63, 3.8) is 0 Å². The van der Waals surface area contributed by atoms with Crippen molar-refractivity contribution in [3.8, 4) is 0 Å². The molecule has 0 unspecified atom stereocenters. The smallest absolute Gasteiger partial charge is 0.261 e. The summed E-state index contributed by atoms with van der Waals surface area (Å²) in [5.41, 5.74) is 6.63. The molecule has 2 N–H and O–H groups in total. The largest absolute Gasteiger partial charge is 0.326 e. The highest BCUT2D eigenvalue weighted by Gasteiger charge is 2.20. The number of halogens is 2. The van der Waals surface area contributed by atoms with Crippen molar-refractivity contribution >= 4 is 11.6 Å². The second-order valence-electron chi connectivity index (χ2n) is 4.30. The Morgan fingerprint density at radius 3 is 2.55 bits per heavy atom. The van der Waals surface area contributed by atoms with E-state index in [-0.39, 0.29) is 12.1 Å². The molecule has 1 amide bonds. The Morgan fingerprint density at radius 2 is 1.85 bits per heavy atom. The van der Waals surface area contributed by atoms with Crippen LogP contribution in [-0.4, -0.2) is 13.0 Å². The molecule has 0 heterocycles. The third-order valence-corrected chi connectivity index (χ3v) is 3.06. The van der Waals surface area contributed by atoms with Crippen LogP contribution in [0.4, 0.5) is 14.5 Å². The molecule has 5 heteroatoms. The Bertz CT molecular complexity index is 644. The molecular weight excluding hydrogens is 262 g/mol. The normalized spacial score (nSPS) is 10.4. The summed E-state index contributed by atoms with van der Waals surface area (Å²) in [5, 5.41) is 0. The number of anilines is 1. The average molecular weight is 276 g/mol. The van der Waals surface area contributed by atoms with Gasteiger partial charge in [0.1, 0.15) is 0 Å². The Kier molecular flexibility index (Phi) is 4.10. The van der Waals surface area contributed by atoms with Crippen LogP contribution in [0.5, 0.6) is 0 Å². The van der Waals surface area contributed by atoms with Crippen molar-refractivity contribution in [2.45, 2.75) is 6.54 Å². The first-order valence-corrected chi connectivity index (χ1v) is 6.06. The maximum Gasteiger partial charge on any atom is 0.261 e. The van der Waals surface area contributed by atoms with Crippen molar-refractivity contribution in [3.05, 3.63) is 65.2 Å². The Hall–Kier alpha value is -2.27. The summed E-state index contributed by atoms with van der Waals surface area (Å²) in [4.78, 5) is 13.5. The minimum atomic E-state index is -1.14. The van der Waals surface area contributed by atoms with Crippen LogP contribution in [0.25, 0.3) is 0 Å².